The number of nitrogens with zero attached hydrogens (tertiary/aromatic N) is 2. The fourth-order valence-electron chi connectivity index (χ4n) is 5.35. The van der Waals surface area contributed by atoms with Gasteiger partial charge in [0.1, 0.15) is 11.4 Å². The van der Waals surface area contributed by atoms with E-state index in [0.717, 1.165) is 49.1 Å². The number of aromatic amines is 1. The molecule has 1 amide bonds. The summed E-state index contributed by atoms with van der Waals surface area (Å²) >= 11 is 0. The van der Waals surface area contributed by atoms with Crippen molar-refractivity contribution in [2.24, 2.45) is 5.92 Å². The largest absolute Gasteiger partial charge is 0.487 e. The number of hydrogen-bond donors (Lipinski definition) is 1. The molecular weight excluding hydrogens is 366 g/mol. The number of benzene rings is 1. The molecule has 1 N–H and O–H groups in total. The lowest BCUT2D eigenvalue weighted by atomic mass is 9.74. The Morgan fingerprint density at radius 2 is 2.21 bits per heavy atom. The highest BCUT2D eigenvalue weighted by Crippen LogP contribution is 2.52. The third kappa shape index (κ3) is 3.33. The van der Waals surface area contributed by atoms with Gasteiger partial charge in [0.05, 0.1) is 24.4 Å². The van der Waals surface area contributed by atoms with Crippen molar-refractivity contribution in [1.82, 2.24) is 15.1 Å². The van der Waals surface area contributed by atoms with Gasteiger partial charge in [0, 0.05) is 30.6 Å². The van der Waals surface area contributed by atoms with Crippen LogP contribution in [0, 0.1) is 5.92 Å². The number of amides is 1. The molecule has 2 aromatic rings. The van der Waals surface area contributed by atoms with Crippen LogP contribution in [0.4, 0.5) is 0 Å². The number of para-hydroxylation sites is 1. The molecule has 1 aromatic carbocycles. The van der Waals surface area contributed by atoms with Crippen LogP contribution in [0.15, 0.2) is 36.7 Å². The van der Waals surface area contributed by atoms with E-state index >= 15 is 0 Å². The van der Waals surface area contributed by atoms with Crippen molar-refractivity contribution < 1.29 is 14.3 Å². The summed E-state index contributed by atoms with van der Waals surface area (Å²) in [5.74, 6) is 1.42. The average molecular weight is 396 g/mol. The zero-order chi connectivity index (χ0) is 20.0. The summed E-state index contributed by atoms with van der Waals surface area (Å²) in [5.41, 5.74) is 1.99. The second-order valence-corrected chi connectivity index (χ2v) is 9.08. The van der Waals surface area contributed by atoms with Crippen LogP contribution in [0.5, 0.6) is 5.75 Å². The highest BCUT2D eigenvalue weighted by atomic mass is 16.5. The fraction of sp³-hybridized carbons (Fsp3) is 0.565. The van der Waals surface area contributed by atoms with E-state index in [2.05, 4.69) is 41.1 Å². The highest BCUT2D eigenvalue weighted by Gasteiger charge is 2.53. The van der Waals surface area contributed by atoms with Crippen LogP contribution in [0.1, 0.15) is 56.8 Å². The molecule has 3 aliphatic heterocycles. The molecule has 0 spiro atoms. The zero-order valence-electron chi connectivity index (χ0n) is 17.1. The molecule has 0 aliphatic carbocycles. The smallest absolute Gasteiger partial charge is 0.222 e. The van der Waals surface area contributed by atoms with Gasteiger partial charge in [-0.1, -0.05) is 18.2 Å². The summed E-state index contributed by atoms with van der Waals surface area (Å²) in [6.45, 7) is 5.09. The second-order valence-electron chi connectivity index (χ2n) is 9.08. The summed E-state index contributed by atoms with van der Waals surface area (Å²) in [6, 6.07) is 8.38. The minimum Gasteiger partial charge on any atom is -0.487 e. The molecule has 4 heterocycles. The molecule has 6 nitrogen and oxygen atoms in total. The molecule has 0 saturated carbocycles. The maximum atomic E-state index is 13.0. The van der Waals surface area contributed by atoms with Gasteiger partial charge in [0.2, 0.25) is 5.91 Å². The van der Waals surface area contributed by atoms with E-state index < -0.39 is 0 Å². The van der Waals surface area contributed by atoms with Crippen LogP contribution in [0.3, 0.4) is 0 Å². The summed E-state index contributed by atoms with van der Waals surface area (Å²) in [7, 11) is 0. The van der Waals surface area contributed by atoms with Gasteiger partial charge in [0.25, 0.3) is 0 Å². The number of aromatic nitrogens is 2. The summed E-state index contributed by atoms with van der Waals surface area (Å²) in [6.07, 6.45) is 8.05. The molecule has 0 radical (unpaired) electrons. The van der Waals surface area contributed by atoms with Crippen LogP contribution < -0.4 is 4.74 Å². The SMILES string of the molecule is CC1(C)Oc2ccccc2[C@H]2O[C@H]3CCN(C(=O)CCCc4cn[nH]c4)[C@@H]3C[C@@H]21. The van der Waals surface area contributed by atoms with E-state index in [0.29, 0.717) is 6.42 Å². The minimum atomic E-state index is -0.317. The van der Waals surface area contributed by atoms with Gasteiger partial charge in [-0.15, -0.1) is 0 Å². The lowest BCUT2D eigenvalue weighted by Gasteiger charge is -2.50. The molecule has 154 valence electrons. The Bertz CT molecular complexity index is 879. The van der Waals surface area contributed by atoms with E-state index in [1.807, 2.05) is 24.5 Å². The maximum absolute atomic E-state index is 13.0. The highest BCUT2D eigenvalue weighted by molar-refractivity contribution is 5.77. The number of aryl methyl sites for hydroxylation is 1. The molecule has 2 saturated heterocycles. The fourth-order valence-corrected chi connectivity index (χ4v) is 5.35. The Morgan fingerprint density at radius 1 is 1.34 bits per heavy atom. The molecule has 29 heavy (non-hydrogen) atoms. The van der Waals surface area contributed by atoms with Crippen LogP contribution in [-0.2, 0) is 16.0 Å². The van der Waals surface area contributed by atoms with Gasteiger partial charge in [0.15, 0.2) is 0 Å². The number of carbonyl (C=O) groups excluding carboxylic acids is 1. The molecule has 0 bridgehead atoms. The van der Waals surface area contributed by atoms with Crippen LogP contribution in [0.2, 0.25) is 0 Å². The number of hydrogen-bond acceptors (Lipinski definition) is 4. The van der Waals surface area contributed by atoms with Gasteiger partial charge >= 0.3 is 0 Å². The number of nitrogens with one attached hydrogen (secondary N) is 1. The molecule has 1 aromatic heterocycles. The van der Waals surface area contributed by atoms with Crippen molar-refractivity contribution >= 4 is 5.91 Å². The Balaban J connectivity index is 1.29. The van der Waals surface area contributed by atoms with E-state index in [1.54, 1.807) is 0 Å². The van der Waals surface area contributed by atoms with Crippen LogP contribution >= 0.6 is 0 Å². The Hall–Kier alpha value is -2.34. The van der Waals surface area contributed by atoms with E-state index in [9.17, 15) is 4.79 Å². The predicted octanol–water partition coefficient (Wildman–Crippen LogP) is 3.65. The predicted molar refractivity (Wildman–Crippen MR) is 109 cm³/mol. The Labute approximate surface area is 171 Å². The van der Waals surface area contributed by atoms with Gasteiger partial charge < -0.3 is 14.4 Å². The van der Waals surface area contributed by atoms with Gasteiger partial charge in [-0.3, -0.25) is 9.89 Å². The third-order valence-corrected chi connectivity index (χ3v) is 6.89. The van der Waals surface area contributed by atoms with Gasteiger partial charge in [-0.2, -0.15) is 5.10 Å². The number of likely N-dealkylation sites (tertiary alicyclic amines) is 1. The van der Waals surface area contributed by atoms with Crippen molar-refractivity contribution in [2.45, 2.75) is 69.8 Å². The lowest BCUT2D eigenvalue weighted by Crippen LogP contribution is -2.54. The van der Waals surface area contributed by atoms with Crippen molar-refractivity contribution in [3.63, 3.8) is 0 Å². The third-order valence-electron chi connectivity index (χ3n) is 6.89. The maximum Gasteiger partial charge on any atom is 0.222 e. The van der Waals surface area contributed by atoms with Crippen molar-refractivity contribution in [3.05, 3.63) is 47.8 Å². The Kier molecular flexibility index (Phi) is 4.62. The monoisotopic (exact) mass is 395 g/mol. The number of rotatable bonds is 4. The van der Waals surface area contributed by atoms with Crippen molar-refractivity contribution in [1.29, 1.82) is 0 Å². The molecule has 6 heteroatoms. The molecular formula is C23H29N3O3. The summed E-state index contributed by atoms with van der Waals surface area (Å²) in [5, 5.41) is 6.80. The number of ether oxygens (including phenoxy) is 2. The summed E-state index contributed by atoms with van der Waals surface area (Å²) < 4.78 is 13.0. The first kappa shape index (κ1) is 18.7. The van der Waals surface area contributed by atoms with Crippen molar-refractivity contribution in [2.75, 3.05) is 6.54 Å². The number of carbonyl (C=O) groups is 1. The topological polar surface area (TPSA) is 67.5 Å². The van der Waals surface area contributed by atoms with Gasteiger partial charge in [-0.25, -0.2) is 0 Å². The minimum absolute atomic E-state index is 0.0485. The first-order valence-corrected chi connectivity index (χ1v) is 10.7. The first-order valence-electron chi connectivity index (χ1n) is 10.7. The second kappa shape index (κ2) is 7.17. The quantitative estimate of drug-likeness (QED) is 0.858. The van der Waals surface area contributed by atoms with Gasteiger partial charge in [-0.05, 0) is 51.2 Å². The average Bonchev–Trinajstić information content (AvgIpc) is 3.36. The lowest BCUT2D eigenvalue weighted by molar-refractivity contribution is -0.167. The van der Waals surface area contributed by atoms with Crippen LogP contribution in [0.25, 0.3) is 0 Å². The zero-order valence-corrected chi connectivity index (χ0v) is 17.1. The van der Waals surface area contributed by atoms with Crippen molar-refractivity contribution in [3.8, 4) is 5.75 Å². The molecule has 3 aliphatic rings. The van der Waals surface area contributed by atoms with E-state index in [4.69, 9.17) is 9.47 Å². The molecule has 2 fully saturated rings. The number of H-pyrrole nitrogens is 1. The normalized spacial score (nSPS) is 29.5. The van der Waals surface area contributed by atoms with Crippen LogP contribution in [-0.4, -0.2) is 45.3 Å². The summed E-state index contributed by atoms with van der Waals surface area (Å²) in [4.78, 5) is 15.0. The molecule has 0 unspecified atom stereocenters. The standard InChI is InChI=1S/C23H29N3O3/c1-23(2)17-12-18-20(28-22(17)16-7-3-4-8-19(16)29-23)10-11-26(18)21(27)9-5-6-15-13-24-25-14-15/h3-4,7-8,13-14,17-18,20,22H,5-6,9-12H2,1-2H3,(H,24,25)/t17-,18+,20-,22+/m0/s1. The molecule has 4 atom stereocenters. The Morgan fingerprint density at radius 3 is 3.03 bits per heavy atom. The molecule has 5 rings (SSSR count). The van der Waals surface area contributed by atoms with E-state index in [-0.39, 0.29) is 35.7 Å². The van der Waals surface area contributed by atoms with E-state index in [1.165, 1.54) is 0 Å². The number of fused-ring (bicyclic) bond motifs is 4. The first-order chi connectivity index (χ1) is 14.0.